The second kappa shape index (κ2) is 11.8. The molecule has 2 aromatic heterocycles. The van der Waals surface area contributed by atoms with Crippen molar-refractivity contribution in [2.45, 2.75) is 32.6 Å². The number of fused-ring (bicyclic) bond motifs is 2. The Morgan fingerprint density at radius 2 is 1.91 bits per heavy atom. The predicted octanol–water partition coefficient (Wildman–Crippen LogP) is 5.35. The average molecular weight is 603 g/mol. The number of esters is 1. The number of Topliss-reactive ketones (excluding diaryl/α,β-unsaturated/α-hetero) is 1. The summed E-state index contributed by atoms with van der Waals surface area (Å²) in [4.78, 5) is 65.1. The molecular formula is C34H30N6O5. The van der Waals surface area contributed by atoms with E-state index in [2.05, 4.69) is 30.9 Å². The number of nitrogens with zero attached hydrogens (tertiary/aromatic N) is 3. The van der Waals surface area contributed by atoms with E-state index >= 15 is 0 Å². The largest absolute Gasteiger partial charge is 0.468 e. The number of amides is 2. The minimum Gasteiger partial charge on any atom is -0.468 e. The summed E-state index contributed by atoms with van der Waals surface area (Å²) in [6.45, 7) is 3.75. The fourth-order valence-corrected chi connectivity index (χ4v) is 5.88. The fraction of sp³-hybridized carbons (Fsp3) is 0.206. The number of rotatable bonds is 6. The van der Waals surface area contributed by atoms with Gasteiger partial charge in [-0.3, -0.25) is 24.2 Å². The van der Waals surface area contributed by atoms with Gasteiger partial charge in [0.1, 0.15) is 0 Å². The van der Waals surface area contributed by atoms with Crippen LogP contribution in [0, 0.1) is 12.3 Å². The van der Waals surface area contributed by atoms with Crippen LogP contribution >= 0.6 is 0 Å². The number of hydrogen-bond donors (Lipinski definition) is 3. The lowest BCUT2D eigenvalue weighted by Crippen LogP contribution is -2.42. The highest BCUT2D eigenvalue weighted by Gasteiger charge is 2.49. The van der Waals surface area contributed by atoms with Crippen LogP contribution in [-0.2, 0) is 19.1 Å². The minimum absolute atomic E-state index is 0.0626. The number of aryl methyl sites for hydroxylation is 1. The van der Waals surface area contributed by atoms with Gasteiger partial charge in [0, 0.05) is 59.1 Å². The van der Waals surface area contributed by atoms with Crippen LogP contribution in [0.3, 0.4) is 0 Å². The molecule has 0 saturated carbocycles. The van der Waals surface area contributed by atoms with E-state index in [-0.39, 0.29) is 24.2 Å². The van der Waals surface area contributed by atoms with E-state index in [1.54, 1.807) is 42.9 Å². The van der Waals surface area contributed by atoms with Crippen molar-refractivity contribution >= 4 is 46.6 Å². The molecule has 2 atom stereocenters. The van der Waals surface area contributed by atoms with Gasteiger partial charge < -0.3 is 20.7 Å². The molecule has 1 aliphatic carbocycles. The summed E-state index contributed by atoms with van der Waals surface area (Å²) in [5.74, 6) is -1.87. The molecule has 1 unspecified atom stereocenters. The Kier molecular flexibility index (Phi) is 7.67. The molecule has 2 aliphatic rings. The molecule has 11 nitrogen and oxygen atoms in total. The molecule has 11 heteroatoms. The predicted molar refractivity (Wildman–Crippen MR) is 168 cm³/mol. The second-order valence-corrected chi connectivity index (χ2v) is 11.1. The third kappa shape index (κ3) is 5.55. The zero-order valence-corrected chi connectivity index (χ0v) is 24.9. The van der Waals surface area contributed by atoms with Gasteiger partial charge >= 0.3 is 5.97 Å². The summed E-state index contributed by atoms with van der Waals surface area (Å²) in [6.07, 6.45) is 6.85. The standard InChI is InChI=1S/C34H30N6O5/c1-19-15-23(7-9-26(19)39-33-36-14-11-27(40-33)22-5-4-13-35-18-22)37-30(42)21-6-8-24-20(2)34(32(44)45-3)12-10-29(41)25(17-34)31(43)38-28(24)16-21/h4-9,11,13-18,20H,10,12H2,1-3H3,(H,37,42)(H,38,43)(H,36,39,40)/t20?,34-/m0/s1. The monoisotopic (exact) mass is 602 g/mol. The number of anilines is 4. The topological polar surface area (TPSA) is 152 Å². The van der Waals surface area contributed by atoms with Gasteiger partial charge in [0.15, 0.2) is 5.78 Å². The molecular weight excluding hydrogens is 572 g/mol. The molecule has 2 bridgehead atoms. The summed E-state index contributed by atoms with van der Waals surface area (Å²) < 4.78 is 5.12. The molecule has 45 heavy (non-hydrogen) atoms. The highest BCUT2D eigenvalue weighted by molar-refractivity contribution is 6.25. The third-order valence-electron chi connectivity index (χ3n) is 8.42. The van der Waals surface area contributed by atoms with Crippen LogP contribution in [0.25, 0.3) is 11.3 Å². The van der Waals surface area contributed by atoms with Gasteiger partial charge in [-0.05, 0) is 73.0 Å². The van der Waals surface area contributed by atoms with Gasteiger partial charge in [-0.1, -0.05) is 19.1 Å². The zero-order valence-electron chi connectivity index (χ0n) is 24.9. The first-order chi connectivity index (χ1) is 21.7. The molecule has 2 aromatic carbocycles. The molecule has 0 fully saturated rings. The van der Waals surface area contributed by atoms with Crippen LogP contribution in [0.5, 0.6) is 0 Å². The first-order valence-electron chi connectivity index (χ1n) is 14.4. The van der Waals surface area contributed by atoms with Gasteiger partial charge in [-0.25, -0.2) is 9.97 Å². The van der Waals surface area contributed by atoms with Crippen LogP contribution in [0.4, 0.5) is 23.0 Å². The van der Waals surface area contributed by atoms with Gasteiger partial charge in [-0.2, -0.15) is 0 Å². The van der Waals surface area contributed by atoms with Crippen LogP contribution in [0.2, 0.25) is 0 Å². The maximum atomic E-state index is 13.3. The molecule has 1 aliphatic heterocycles. The Morgan fingerprint density at radius 3 is 2.67 bits per heavy atom. The van der Waals surface area contributed by atoms with Crippen molar-refractivity contribution in [3.63, 3.8) is 0 Å². The van der Waals surface area contributed by atoms with Crippen molar-refractivity contribution in [1.29, 1.82) is 0 Å². The molecule has 0 saturated heterocycles. The molecule has 2 amide bonds. The van der Waals surface area contributed by atoms with E-state index in [1.807, 2.05) is 44.2 Å². The Hall–Kier alpha value is -5.71. The van der Waals surface area contributed by atoms with E-state index in [1.165, 1.54) is 13.2 Å². The second-order valence-electron chi connectivity index (χ2n) is 11.1. The number of carbonyl (C=O) groups is 4. The Balaban J connectivity index is 1.22. The van der Waals surface area contributed by atoms with Crippen LogP contribution in [-0.4, -0.2) is 45.6 Å². The zero-order chi connectivity index (χ0) is 31.7. The van der Waals surface area contributed by atoms with Crippen molar-refractivity contribution < 1.29 is 23.9 Å². The molecule has 4 aromatic rings. The smallest absolute Gasteiger partial charge is 0.316 e. The van der Waals surface area contributed by atoms with Crippen molar-refractivity contribution in [3.8, 4) is 11.3 Å². The van der Waals surface area contributed by atoms with E-state index in [4.69, 9.17) is 4.74 Å². The third-order valence-corrected chi connectivity index (χ3v) is 8.42. The van der Waals surface area contributed by atoms with E-state index in [0.29, 0.717) is 28.5 Å². The number of ketones is 1. The van der Waals surface area contributed by atoms with Crippen LogP contribution < -0.4 is 16.0 Å². The lowest BCUT2D eigenvalue weighted by Gasteiger charge is -2.39. The van der Waals surface area contributed by atoms with E-state index < -0.39 is 29.1 Å². The molecule has 6 rings (SSSR count). The first-order valence-corrected chi connectivity index (χ1v) is 14.4. The number of carbonyl (C=O) groups excluding carboxylic acids is 4. The summed E-state index contributed by atoms with van der Waals surface area (Å²) >= 11 is 0. The number of aromatic nitrogens is 3. The molecule has 0 radical (unpaired) electrons. The Morgan fingerprint density at radius 1 is 1.07 bits per heavy atom. The SMILES string of the molecule is COC(=O)[C@]12C=C(C(=O)CC1)C(=O)Nc1cc(C(=O)Nc3ccc(Nc4nccc(-c5cccnc5)n4)c(C)c3)ccc1C2C. The Bertz CT molecular complexity index is 1890. The normalized spacial score (nSPS) is 18.8. The molecule has 3 N–H and O–H groups in total. The van der Waals surface area contributed by atoms with Gasteiger partial charge in [0.2, 0.25) is 5.95 Å². The number of ether oxygens (including phenoxy) is 1. The van der Waals surface area contributed by atoms with E-state index in [0.717, 1.165) is 22.5 Å². The van der Waals surface area contributed by atoms with Gasteiger partial charge in [0.05, 0.1) is 23.8 Å². The quantitative estimate of drug-likeness (QED) is 0.196. The van der Waals surface area contributed by atoms with Gasteiger partial charge in [-0.15, -0.1) is 0 Å². The van der Waals surface area contributed by atoms with Crippen molar-refractivity contribution in [1.82, 2.24) is 15.0 Å². The number of hydrogen-bond acceptors (Lipinski definition) is 9. The lowest BCUT2D eigenvalue weighted by atomic mass is 9.65. The number of benzene rings is 2. The molecule has 0 spiro atoms. The summed E-state index contributed by atoms with van der Waals surface area (Å²) in [7, 11) is 1.29. The summed E-state index contributed by atoms with van der Waals surface area (Å²) in [5, 5.41) is 8.91. The number of pyridine rings is 1. The highest BCUT2D eigenvalue weighted by atomic mass is 16.5. The molecule has 226 valence electrons. The summed E-state index contributed by atoms with van der Waals surface area (Å²) in [6, 6.07) is 15.9. The molecule has 3 heterocycles. The number of nitrogens with one attached hydrogen (secondary N) is 3. The van der Waals surface area contributed by atoms with Crippen molar-refractivity contribution in [2.24, 2.45) is 5.41 Å². The fourth-order valence-electron chi connectivity index (χ4n) is 5.88. The summed E-state index contributed by atoms with van der Waals surface area (Å²) in [5.41, 5.74) is 3.85. The average Bonchev–Trinajstić information content (AvgIpc) is 3.05. The highest BCUT2D eigenvalue weighted by Crippen LogP contribution is 2.49. The van der Waals surface area contributed by atoms with Crippen LogP contribution in [0.15, 0.2) is 84.8 Å². The minimum atomic E-state index is -1.17. The van der Waals surface area contributed by atoms with Gasteiger partial charge in [0.25, 0.3) is 11.8 Å². The number of methoxy groups -OCH3 is 1. The lowest BCUT2D eigenvalue weighted by molar-refractivity contribution is -0.152. The Labute approximate surface area is 259 Å². The van der Waals surface area contributed by atoms with Crippen molar-refractivity contribution in [2.75, 3.05) is 23.1 Å². The maximum Gasteiger partial charge on any atom is 0.316 e. The van der Waals surface area contributed by atoms with E-state index in [9.17, 15) is 19.2 Å². The maximum absolute atomic E-state index is 13.3. The first kappa shape index (κ1) is 29.4. The van der Waals surface area contributed by atoms with Crippen LogP contribution in [0.1, 0.15) is 47.2 Å². The van der Waals surface area contributed by atoms with Crippen molar-refractivity contribution in [3.05, 3.63) is 102 Å².